The van der Waals surface area contributed by atoms with Crippen LogP contribution < -0.4 is 4.74 Å². The zero-order valence-electron chi connectivity index (χ0n) is 11.3. The Kier molecular flexibility index (Phi) is 3.48. The Morgan fingerprint density at radius 3 is 2.50 bits per heavy atom. The third-order valence-electron chi connectivity index (χ3n) is 3.02. The van der Waals surface area contributed by atoms with E-state index in [-0.39, 0.29) is 0 Å². The van der Waals surface area contributed by atoms with Crippen LogP contribution in [0.3, 0.4) is 0 Å². The minimum absolute atomic E-state index is 0.859. The lowest BCUT2D eigenvalue weighted by molar-refractivity contribution is 0.415. The van der Waals surface area contributed by atoms with Gasteiger partial charge in [0.25, 0.3) is 0 Å². The van der Waals surface area contributed by atoms with E-state index in [1.54, 1.807) is 24.6 Å². The van der Waals surface area contributed by atoms with Crippen LogP contribution in [0.4, 0.5) is 0 Å². The molecule has 0 N–H and O–H groups in total. The Bertz CT molecular complexity index is 705. The van der Waals surface area contributed by atoms with Crippen molar-refractivity contribution in [2.75, 3.05) is 7.11 Å². The van der Waals surface area contributed by atoms with E-state index in [4.69, 9.17) is 4.74 Å². The number of pyridine rings is 1. The average Bonchev–Trinajstić information content (AvgIpc) is 2.90. The number of aromatic nitrogens is 2. The first kappa shape index (κ1) is 12.8. The lowest BCUT2D eigenvalue weighted by Gasteiger charge is -2.04. The Labute approximate surface area is 121 Å². The molecule has 0 fully saturated rings. The van der Waals surface area contributed by atoms with Gasteiger partial charge in [-0.25, -0.2) is 4.98 Å². The molecular weight excluding hydrogens is 268 g/mol. The van der Waals surface area contributed by atoms with Crippen LogP contribution in [0.25, 0.3) is 21.7 Å². The molecule has 0 aliphatic heterocycles. The summed E-state index contributed by atoms with van der Waals surface area (Å²) in [6, 6.07) is 12.0. The van der Waals surface area contributed by atoms with Gasteiger partial charge in [0, 0.05) is 18.0 Å². The van der Waals surface area contributed by atoms with Crippen LogP contribution in [0.1, 0.15) is 5.01 Å². The topological polar surface area (TPSA) is 35.0 Å². The van der Waals surface area contributed by atoms with Gasteiger partial charge in [-0.3, -0.25) is 4.98 Å². The third kappa shape index (κ3) is 2.42. The van der Waals surface area contributed by atoms with Crippen molar-refractivity contribution in [2.45, 2.75) is 6.92 Å². The van der Waals surface area contributed by atoms with E-state index < -0.39 is 0 Å². The lowest BCUT2D eigenvalue weighted by atomic mass is 10.1. The van der Waals surface area contributed by atoms with E-state index in [1.807, 2.05) is 37.4 Å². The molecule has 0 saturated carbocycles. The molecule has 0 aliphatic carbocycles. The van der Waals surface area contributed by atoms with Crippen molar-refractivity contribution in [1.29, 1.82) is 0 Å². The Morgan fingerprint density at radius 1 is 1.05 bits per heavy atom. The monoisotopic (exact) mass is 282 g/mol. The second-order valence-corrected chi connectivity index (χ2v) is 5.58. The van der Waals surface area contributed by atoms with Gasteiger partial charge in [-0.15, -0.1) is 11.3 Å². The van der Waals surface area contributed by atoms with Crippen molar-refractivity contribution in [2.24, 2.45) is 0 Å². The predicted octanol–water partition coefficient (Wildman–Crippen LogP) is 4.19. The van der Waals surface area contributed by atoms with Crippen LogP contribution in [0, 0.1) is 6.92 Å². The average molecular weight is 282 g/mol. The second-order valence-electron chi connectivity index (χ2n) is 4.38. The Morgan fingerprint density at radius 2 is 1.85 bits per heavy atom. The molecule has 0 aliphatic rings. The van der Waals surface area contributed by atoms with E-state index in [0.29, 0.717) is 0 Å². The summed E-state index contributed by atoms with van der Waals surface area (Å²) in [4.78, 5) is 9.99. The molecule has 4 heteroatoms. The first-order chi connectivity index (χ1) is 9.78. The van der Waals surface area contributed by atoms with Crippen LogP contribution in [-0.4, -0.2) is 17.1 Å². The molecule has 100 valence electrons. The first-order valence-electron chi connectivity index (χ1n) is 6.30. The molecule has 20 heavy (non-hydrogen) atoms. The maximum Gasteiger partial charge on any atom is 0.118 e. The maximum absolute atomic E-state index is 5.20. The SMILES string of the molecule is COc1ccc(-c2sc(C)nc2-c2cccnc2)cc1. The molecule has 2 aromatic heterocycles. The van der Waals surface area contributed by atoms with Gasteiger partial charge in [0.05, 0.1) is 22.7 Å². The van der Waals surface area contributed by atoms with Gasteiger partial charge >= 0.3 is 0 Å². The largest absolute Gasteiger partial charge is 0.497 e. The summed E-state index contributed by atoms with van der Waals surface area (Å²) in [7, 11) is 1.67. The fraction of sp³-hybridized carbons (Fsp3) is 0.125. The number of nitrogens with zero attached hydrogens (tertiary/aromatic N) is 2. The standard InChI is InChI=1S/C16H14N2OS/c1-11-18-15(13-4-3-9-17-10-13)16(20-11)12-5-7-14(19-2)8-6-12/h3-10H,1-2H3. The van der Waals surface area contributed by atoms with E-state index in [1.165, 1.54) is 0 Å². The quantitative estimate of drug-likeness (QED) is 0.722. The number of ether oxygens (including phenoxy) is 1. The van der Waals surface area contributed by atoms with E-state index in [2.05, 4.69) is 22.1 Å². The van der Waals surface area contributed by atoms with Crippen LogP contribution in [0.15, 0.2) is 48.8 Å². The van der Waals surface area contributed by atoms with Crippen molar-refractivity contribution < 1.29 is 4.74 Å². The summed E-state index contributed by atoms with van der Waals surface area (Å²) >= 11 is 1.70. The minimum Gasteiger partial charge on any atom is -0.497 e. The molecule has 0 saturated heterocycles. The minimum atomic E-state index is 0.859. The summed E-state index contributed by atoms with van der Waals surface area (Å²) in [5.41, 5.74) is 3.18. The highest BCUT2D eigenvalue weighted by Crippen LogP contribution is 2.36. The summed E-state index contributed by atoms with van der Waals surface area (Å²) < 4.78 is 5.20. The van der Waals surface area contributed by atoms with Gasteiger partial charge in [0.1, 0.15) is 5.75 Å². The normalized spacial score (nSPS) is 10.5. The van der Waals surface area contributed by atoms with Crippen molar-refractivity contribution in [3.05, 3.63) is 53.8 Å². The van der Waals surface area contributed by atoms with Crippen molar-refractivity contribution in [3.63, 3.8) is 0 Å². The molecule has 0 atom stereocenters. The van der Waals surface area contributed by atoms with E-state index >= 15 is 0 Å². The fourth-order valence-electron chi connectivity index (χ4n) is 2.06. The summed E-state index contributed by atoms with van der Waals surface area (Å²) in [5, 5.41) is 1.05. The van der Waals surface area contributed by atoms with Crippen LogP contribution >= 0.6 is 11.3 Å². The number of aryl methyl sites for hydroxylation is 1. The number of rotatable bonds is 3. The fourth-order valence-corrected chi connectivity index (χ4v) is 3.01. The number of benzene rings is 1. The highest BCUT2D eigenvalue weighted by atomic mass is 32.1. The lowest BCUT2D eigenvalue weighted by Crippen LogP contribution is -1.85. The number of methoxy groups -OCH3 is 1. The molecule has 3 aromatic rings. The molecule has 0 unspecified atom stereocenters. The zero-order chi connectivity index (χ0) is 13.9. The molecule has 0 amide bonds. The van der Waals surface area contributed by atoms with Gasteiger partial charge in [0.2, 0.25) is 0 Å². The van der Waals surface area contributed by atoms with Crippen molar-refractivity contribution in [3.8, 4) is 27.4 Å². The molecule has 2 heterocycles. The molecule has 3 nitrogen and oxygen atoms in total. The zero-order valence-corrected chi connectivity index (χ0v) is 12.1. The van der Waals surface area contributed by atoms with Gasteiger partial charge in [-0.05, 0) is 48.9 Å². The molecule has 0 bridgehead atoms. The highest BCUT2D eigenvalue weighted by Gasteiger charge is 2.13. The van der Waals surface area contributed by atoms with Gasteiger partial charge in [-0.2, -0.15) is 0 Å². The van der Waals surface area contributed by atoms with Crippen molar-refractivity contribution in [1.82, 2.24) is 9.97 Å². The van der Waals surface area contributed by atoms with E-state index in [0.717, 1.165) is 32.5 Å². The molecule has 3 rings (SSSR count). The summed E-state index contributed by atoms with van der Waals surface area (Å²) in [6.45, 7) is 2.03. The van der Waals surface area contributed by atoms with Crippen molar-refractivity contribution >= 4 is 11.3 Å². The maximum atomic E-state index is 5.20. The summed E-state index contributed by atoms with van der Waals surface area (Å²) in [5.74, 6) is 0.859. The third-order valence-corrected chi connectivity index (χ3v) is 4.04. The Balaban J connectivity index is 2.09. The van der Waals surface area contributed by atoms with Crippen LogP contribution in [-0.2, 0) is 0 Å². The van der Waals surface area contributed by atoms with Crippen LogP contribution in [0.5, 0.6) is 5.75 Å². The van der Waals surface area contributed by atoms with Gasteiger partial charge < -0.3 is 4.74 Å². The smallest absolute Gasteiger partial charge is 0.118 e. The molecule has 1 aromatic carbocycles. The molecule has 0 spiro atoms. The number of thiazole rings is 1. The van der Waals surface area contributed by atoms with Crippen LogP contribution in [0.2, 0.25) is 0 Å². The highest BCUT2D eigenvalue weighted by molar-refractivity contribution is 7.15. The molecule has 0 radical (unpaired) electrons. The Hall–Kier alpha value is -2.20. The second kappa shape index (κ2) is 5.43. The molecular formula is C16H14N2OS. The van der Waals surface area contributed by atoms with E-state index in [9.17, 15) is 0 Å². The predicted molar refractivity (Wildman–Crippen MR) is 82.1 cm³/mol. The summed E-state index contributed by atoms with van der Waals surface area (Å²) in [6.07, 6.45) is 3.62. The first-order valence-corrected chi connectivity index (χ1v) is 7.12. The number of hydrogen-bond donors (Lipinski definition) is 0. The van der Waals surface area contributed by atoms with Gasteiger partial charge in [-0.1, -0.05) is 0 Å². The number of hydrogen-bond acceptors (Lipinski definition) is 4. The van der Waals surface area contributed by atoms with Gasteiger partial charge in [0.15, 0.2) is 0 Å².